The topological polar surface area (TPSA) is 92.4 Å². The lowest BCUT2D eigenvalue weighted by Crippen LogP contribution is -1.99. The monoisotopic (exact) mass is 234 g/mol. The highest BCUT2D eigenvalue weighted by atomic mass is 16.4. The number of aromatic nitrogens is 2. The fourth-order valence-electron chi connectivity index (χ4n) is 1.70. The van der Waals surface area contributed by atoms with Crippen molar-refractivity contribution in [1.29, 1.82) is 0 Å². The Hall–Kier alpha value is -2.37. The number of fused-ring (bicyclic) bond motifs is 1. The number of rotatable bonds is 3. The number of carbonyl (C=O) groups is 2. The summed E-state index contributed by atoms with van der Waals surface area (Å²) in [4.78, 5) is 25.8. The minimum atomic E-state index is -1.13. The van der Waals surface area contributed by atoms with Crippen molar-refractivity contribution in [2.45, 2.75) is 13.5 Å². The maximum absolute atomic E-state index is 11.0. The minimum Gasteiger partial charge on any atom is -0.478 e. The van der Waals surface area contributed by atoms with Crippen molar-refractivity contribution in [2.75, 3.05) is 0 Å². The van der Waals surface area contributed by atoms with Gasteiger partial charge in [0.05, 0.1) is 11.1 Å². The molecule has 0 radical (unpaired) electrons. The Labute approximate surface area is 96.1 Å². The van der Waals surface area contributed by atoms with Crippen LogP contribution in [0.2, 0.25) is 0 Å². The standard InChI is InChI=1S/C11H10N2O4/c1-2-13-5-8(11(16)17)7-3-6(10(14)15)4-12-9(7)13/h3-5H,2H2,1H3,(H,14,15)(H,16,17). The van der Waals surface area contributed by atoms with Crippen molar-refractivity contribution in [3.8, 4) is 0 Å². The molecule has 0 bridgehead atoms. The van der Waals surface area contributed by atoms with E-state index in [-0.39, 0.29) is 11.1 Å². The third-order valence-electron chi connectivity index (χ3n) is 2.53. The van der Waals surface area contributed by atoms with Crippen LogP contribution in [0.5, 0.6) is 0 Å². The molecule has 2 aromatic rings. The van der Waals surface area contributed by atoms with Gasteiger partial charge in [-0.3, -0.25) is 0 Å². The van der Waals surface area contributed by atoms with E-state index in [9.17, 15) is 9.59 Å². The normalized spacial score (nSPS) is 10.6. The van der Waals surface area contributed by atoms with E-state index < -0.39 is 11.9 Å². The summed E-state index contributed by atoms with van der Waals surface area (Å²) in [5.41, 5.74) is 0.529. The highest BCUT2D eigenvalue weighted by molar-refractivity contribution is 6.04. The highest BCUT2D eigenvalue weighted by Crippen LogP contribution is 2.21. The van der Waals surface area contributed by atoms with Gasteiger partial charge in [-0.2, -0.15) is 0 Å². The molecule has 0 saturated carbocycles. The molecule has 0 aliphatic rings. The van der Waals surface area contributed by atoms with Crippen LogP contribution in [0.25, 0.3) is 11.0 Å². The number of aryl methyl sites for hydroxylation is 1. The van der Waals surface area contributed by atoms with Gasteiger partial charge in [0.25, 0.3) is 0 Å². The Morgan fingerprint density at radius 1 is 1.35 bits per heavy atom. The van der Waals surface area contributed by atoms with Crippen LogP contribution in [-0.2, 0) is 6.54 Å². The lowest BCUT2D eigenvalue weighted by Gasteiger charge is -1.99. The summed E-state index contributed by atoms with van der Waals surface area (Å²) in [7, 11) is 0. The summed E-state index contributed by atoms with van der Waals surface area (Å²) in [6.07, 6.45) is 2.69. The molecule has 2 rings (SSSR count). The van der Waals surface area contributed by atoms with E-state index in [0.717, 1.165) is 0 Å². The van der Waals surface area contributed by atoms with Gasteiger partial charge in [0, 0.05) is 24.3 Å². The number of carboxylic acid groups (broad SMARTS) is 2. The molecule has 6 nitrogen and oxygen atoms in total. The van der Waals surface area contributed by atoms with Gasteiger partial charge in [0.2, 0.25) is 0 Å². The van der Waals surface area contributed by atoms with E-state index in [1.807, 2.05) is 6.92 Å². The molecule has 0 spiro atoms. The number of hydrogen-bond donors (Lipinski definition) is 2. The van der Waals surface area contributed by atoms with Crippen molar-refractivity contribution >= 4 is 23.0 Å². The zero-order valence-electron chi connectivity index (χ0n) is 9.04. The van der Waals surface area contributed by atoms with Gasteiger partial charge < -0.3 is 14.8 Å². The molecule has 6 heteroatoms. The zero-order valence-corrected chi connectivity index (χ0v) is 9.04. The van der Waals surface area contributed by atoms with Gasteiger partial charge in [-0.15, -0.1) is 0 Å². The molecule has 0 aliphatic heterocycles. The van der Waals surface area contributed by atoms with Crippen LogP contribution >= 0.6 is 0 Å². The lowest BCUT2D eigenvalue weighted by molar-refractivity contribution is 0.0685. The molecular weight excluding hydrogens is 224 g/mol. The minimum absolute atomic E-state index is 0.0196. The Kier molecular flexibility index (Phi) is 2.55. The van der Waals surface area contributed by atoms with Crippen LogP contribution in [0.1, 0.15) is 27.6 Å². The number of aromatic carboxylic acids is 2. The van der Waals surface area contributed by atoms with E-state index in [4.69, 9.17) is 10.2 Å². The highest BCUT2D eigenvalue weighted by Gasteiger charge is 2.16. The molecule has 2 aromatic heterocycles. The van der Waals surface area contributed by atoms with Gasteiger partial charge in [-0.25, -0.2) is 14.6 Å². The molecule has 0 unspecified atom stereocenters. The first kappa shape index (κ1) is 11.1. The molecule has 17 heavy (non-hydrogen) atoms. The predicted octanol–water partition coefficient (Wildman–Crippen LogP) is 1.45. The maximum Gasteiger partial charge on any atom is 0.337 e. The zero-order chi connectivity index (χ0) is 12.6. The quantitative estimate of drug-likeness (QED) is 0.838. The van der Waals surface area contributed by atoms with Crippen molar-refractivity contribution in [3.05, 3.63) is 29.6 Å². The Bertz CT molecular complexity index is 615. The lowest BCUT2D eigenvalue weighted by atomic mass is 10.2. The maximum atomic E-state index is 11.0. The van der Waals surface area contributed by atoms with E-state index in [2.05, 4.69) is 4.98 Å². The summed E-state index contributed by atoms with van der Waals surface area (Å²) in [5, 5.41) is 18.2. The summed E-state index contributed by atoms with van der Waals surface area (Å²) < 4.78 is 1.67. The smallest absolute Gasteiger partial charge is 0.337 e. The number of hydrogen-bond acceptors (Lipinski definition) is 3. The third-order valence-corrected chi connectivity index (χ3v) is 2.53. The number of pyridine rings is 1. The van der Waals surface area contributed by atoms with E-state index >= 15 is 0 Å². The average molecular weight is 234 g/mol. The second kappa shape index (κ2) is 3.89. The Balaban J connectivity index is 2.78. The van der Waals surface area contributed by atoms with Gasteiger partial charge in [0.15, 0.2) is 0 Å². The van der Waals surface area contributed by atoms with Crippen molar-refractivity contribution in [3.63, 3.8) is 0 Å². The van der Waals surface area contributed by atoms with Gasteiger partial charge in [-0.1, -0.05) is 0 Å². The summed E-state index contributed by atoms with van der Waals surface area (Å²) in [6, 6.07) is 1.33. The fraction of sp³-hybridized carbons (Fsp3) is 0.182. The van der Waals surface area contributed by atoms with E-state index in [0.29, 0.717) is 17.6 Å². The van der Waals surface area contributed by atoms with Crippen LogP contribution in [0.3, 0.4) is 0 Å². The van der Waals surface area contributed by atoms with Crippen molar-refractivity contribution in [1.82, 2.24) is 9.55 Å². The van der Waals surface area contributed by atoms with Crippen molar-refractivity contribution in [2.24, 2.45) is 0 Å². The van der Waals surface area contributed by atoms with Crippen molar-refractivity contribution < 1.29 is 19.8 Å². The molecule has 2 N–H and O–H groups in total. The van der Waals surface area contributed by atoms with E-state index in [1.54, 1.807) is 4.57 Å². The molecule has 0 aliphatic carbocycles. The van der Waals surface area contributed by atoms with E-state index in [1.165, 1.54) is 18.5 Å². The molecule has 2 heterocycles. The second-order valence-corrected chi connectivity index (χ2v) is 3.53. The van der Waals surface area contributed by atoms with Gasteiger partial charge >= 0.3 is 11.9 Å². The van der Waals surface area contributed by atoms with Gasteiger partial charge in [0.1, 0.15) is 5.65 Å². The summed E-state index contributed by atoms with van der Waals surface area (Å²) in [6.45, 7) is 2.43. The largest absolute Gasteiger partial charge is 0.478 e. The van der Waals surface area contributed by atoms with Crippen LogP contribution in [0.4, 0.5) is 0 Å². The molecule has 0 aromatic carbocycles. The molecule has 0 fully saturated rings. The molecule has 88 valence electrons. The third kappa shape index (κ3) is 1.73. The van der Waals surface area contributed by atoms with Crippen LogP contribution in [0.15, 0.2) is 18.5 Å². The average Bonchev–Trinajstić information content (AvgIpc) is 2.66. The first-order valence-electron chi connectivity index (χ1n) is 5.00. The number of carboxylic acids is 2. The van der Waals surface area contributed by atoms with Crippen LogP contribution in [0, 0.1) is 0 Å². The second-order valence-electron chi connectivity index (χ2n) is 3.53. The predicted molar refractivity (Wildman–Crippen MR) is 59.3 cm³/mol. The Morgan fingerprint density at radius 2 is 2.06 bits per heavy atom. The summed E-state index contributed by atoms with van der Waals surface area (Å²) in [5.74, 6) is -2.22. The fourth-order valence-corrected chi connectivity index (χ4v) is 1.70. The SMILES string of the molecule is CCn1cc(C(=O)O)c2cc(C(=O)O)cnc21. The molecule has 0 amide bonds. The first-order valence-corrected chi connectivity index (χ1v) is 5.00. The molecular formula is C11H10N2O4. The molecule has 0 atom stereocenters. The molecule has 0 saturated heterocycles. The Morgan fingerprint density at radius 3 is 2.59 bits per heavy atom. The first-order chi connectivity index (χ1) is 8.04. The van der Waals surface area contributed by atoms with Crippen LogP contribution < -0.4 is 0 Å². The summed E-state index contributed by atoms with van der Waals surface area (Å²) >= 11 is 0. The number of nitrogens with zero attached hydrogens (tertiary/aromatic N) is 2. The van der Waals surface area contributed by atoms with Crippen LogP contribution in [-0.4, -0.2) is 31.7 Å². The van der Waals surface area contributed by atoms with Gasteiger partial charge in [-0.05, 0) is 13.0 Å².